The van der Waals surface area contributed by atoms with E-state index in [1.165, 1.54) is 6.42 Å². The van der Waals surface area contributed by atoms with Crippen molar-refractivity contribution in [2.24, 2.45) is 11.8 Å². The number of hydrogen-bond acceptors (Lipinski definition) is 4. The molecule has 0 bridgehead atoms. The van der Waals surface area contributed by atoms with E-state index in [0.29, 0.717) is 18.4 Å². The van der Waals surface area contributed by atoms with Crippen molar-refractivity contribution in [3.63, 3.8) is 0 Å². The fraction of sp³-hybridized carbons (Fsp3) is 0.421. The van der Waals surface area contributed by atoms with Crippen LogP contribution < -0.4 is 4.90 Å². The van der Waals surface area contributed by atoms with E-state index >= 15 is 0 Å². The first-order chi connectivity index (χ1) is 12.1. The predicted molar refractivity (Wildman–Crippen MR) is 101 cm³/mol. The van der Waals surface area contributed by atoms with E-state index in [1.807, 2.05) is 35.1 Å². The molecule has 1 saturated heterocycles. The fourth-order valence-electron chi connectivity index (χ4n) is 3.85. The predicted octanol–water partition coefficient (Wildman–Crippen LogP) is 4.01. The molecule has 0 radical (unpaired) electrons. The largest absolute Gasteiger partial charge is 0.355 e. The molecule has 5 nitrogen and oxygen atoms in total. The van der Waals surface area contributed by atoms with Crippen LogP contribution in [0.25, 0.3) is 11.0 Å². The summed E-state index contributed by atoms with van der Waals surface area (Å²) in [6.45, 7) is 7.37. The molecule has 6 heteroatoms. The van der Waals surface area contributed by atoms with Gasteiger partial charge in [0.25, 0.3) is 0 Å². The molecule has 2 aromatic heterocycles. The van der Waals surface area contributed by atoms with Crippen LogP contribution in [0, 0.1) is 11.8 Å². The zero-order valence-electron chi connectivity index (χ0n) is 14.6. The van der Waals surface area contributed by atoms with Gasteiger partial charge in [-0.05, 0) is 36.0 Å². The van der Waals surface area contributed by atoms with Crippen LogP contribution in [0.5, 0.6) is 0 Å². The van der Waals surface area contributed by atoms with Crippen molar-refractivity contribution in [2.75, 3.05) is 18.0 Å². The Morgan fingerprint density at radius 2 is 1.80 bits per heavy atom. The summed E-state index contributed by atoms with van der Waals surface area (Å²) in [5.74, 6) is 2.36. The van der Waals surface area contributed by atoms with E-state index in [2.05, 4.69) is 33.8 Å². The number of fused-ring (bicyclic) bond motifs is 1. The first-order valence-corrected chi connectivity index (χ1v) is 9.14. The first-order valence-electron chi connectivity index (χ1n) is 8.76. The van der Waals surface area contributed by atoms with E-state index in [0.717, 1.165) is 40.5 Å². The van der Waals surface area contributed by atoms with Crippen LogP contribution in [0.15, 0.2) is 36.8 Å². The number of benzene rings is 1. The number of aromatic nitrogens is 4. The second-order valence-electron chi connectivity index (χ2n) is 7.21. The minimum absolute atomic E-state index is 0.671. The Morgan fingerprint density at radius 3 is 2.52 bits per heavy atom. The quantitative estimate of drug-likeness (QED) is 0.712. The molecule has 0 unspecified atom stereocenters. The lowest BCUT2D eigenvalue weighted by Crippen LogP contribution is -2.39. The van der Waals surface area contributed by atoms with Gasteiger partial charge >= 0.3 is 0 Å². The van der Waals surface area contributed by atoms with Gasteiger partial charge in [-0.1, -0.05) is 37.6 Å². The Bertz CT molecular complexity index is 863. The normalized spacial score (nSPS) is 21.0. The third-order valence-corrected chi connectivity index (χ3v) is 5.08. The molecule has 0 amide bonds. The smallest absolute Gasteiger partial charge is 0.163 e. The molecule has 1 aliphatic rings. The van der Waals surface area contributed by atoms with Gasteiger partial charge in [-0.2, -0.15) is 5.10 Å². The summed E-state index contributed by atoms with van der Waals surface area (Å²) >= 11 is 5.97. The number of rotatable bonds is 3. The zero-order valence-corrected chi connectivity index (χ0v) is 15.3. The third-order valence-electron chi connectivity index (χ3n) is 4.83. The first kappa shape index (κ1) is 16.3. The van der Waals surface area contributed by atoms with Crippen LogP contribution in [0.2, 0.25) is 5.02 Å². The van der Waals surface area contributed by atoms with Gasteiger partial charge in [0.2, 0.25) is 0 Å². The molecule has 0 N–H and O–H groups in total. The molecular weight excluding hydrogens is 334 g/mol. The molecule has 1 aromatic carbocycles. The van der Waals surface area contributed by atoms with Crippen LogP contribution in [0.3, 0.4) is 0 Å². The molecule has 0 aliphatic carbocycles. The lowest BCUT2D eigenvalue weighted by Gasteiger charge is -2.35. The van der Waals surface area contributed by atoms with E-state index < -0.39 is 0 Å². The van der Waals surface area contributed by atoms with Gasteiger partial charge in [0.15, 0.2) is 5.65 Å². The maximum Gasteiger partial charge on any atom is 0.163 e. The summed E-state index contributed by atoms with van der Waals surface area (Å²) in [6.07, 6.45) is 4.83. The molecule has 1 fully saturated rings. The second kappa shape index (κ2) is 6.64. The molecule has 0 saturated carbocycles. The van der Waals surface area contributed by atoms with E-state index in [1.54, 1.807) is 6.33 Å². The minimum atomic E-state index is 0.671. The summed E-state index contributed by atoms with van der Waals surface area (Å²) in [5.41, 5.74) is 2.03. The van der Waals surface area contributed by atoms with Crippen molar-refractivity contribution in [1.82, 2.24) is 19.7 Å². The van der Waals surface area contributed by atoms with Gasteiger partial charge in [-0.25, -0.2) is 14.6 Å². The van der Waals surface area contributed by atoms with Gasteiger partial charge in [0.05, 0.1) is 18.1 Å². The van der Waals surface area contributed by atoms with Crippen molar-refractivity contribution >= 4 is 28.5 Å². The molecule has 130 valence electrons. The van der Waals surface area contributed by atoms with Crippen molar-refractivity contribution < 1.29 is 0 Å². The number of halogens is 1. The van der Waals surface area contributed by atoms with Gasteiger partial charge in [-0.15, -0.1) is 0 Å². The van der Waals surface area contributed by atoms with E-state index in [4.69, 9.17) is 11.6 Å². The van der Waals surface area contributed by atoms with E-state index in [-0.39, 0.29) is 0 Å². The van der Waals surface area contributed by atoms with Crippen molar-refractivity contribution in [2.45, 2.75) is 26.8 Å². The highest BCUT2D eigenvalue weighted by Gasteiger charge is 2.25. The average Bonchev–Trinajstić information content (AvgIpc) is 2.99. The molecule has 25 heavy (non-hydrogen) atoms. The summed E-state index contributed by atoms with van der Waals surface area (Å²) in [4.78, 5) is 11.4. The Morgan fingerprint density at radius 1 is 1.08 bits per heavy atom. The SMILES string of the molecule is C[C@@H]1C[C@H](C)CN(c2ncnc3c2cnn3Cc2ccc(Cl)cc2)C1. The lowest BCUT2D eigenvalue weighted by molar-refractivity contribution is 0.356. The molecule has 0 spiro atoms. The maximum absolute atomic E-state index is 5.97. The summed E-state index contributed by atoms with van der Waals surface area (Å²) in [5, 5.41) is 6.33. The fourth-order valence-corrected chi connectivity index (χ4v) is 3.97. The Kier molecular flexibility index (Phi) is 4.34. The Hall–Kier alpha value is -2.14. The van der Waals surface area contributed by atoms with Crippen LogP contribution in [0.4, 0.5) is 5.82 Å². The molecule has 4 rings (SSSR count). The highest BCUT2D eigenvalue weighted by atomic mass is 35.5. The summed E-state index contributed by atoms with van der Waals surface area (Å²) in [6, 6.07) is 7.84. The van der Waals surface area contributed by atoms with Gasteiger partial charge in [0.1, 0.15) is 12.1 Å². The van der Waals surface area contributed by atoms with Gasteiger partial charge in [-0.3, -0.25) is 0 Å². The standard InChI is InChI=1S/C19H22ClN5/c1-13-7-14(2)10-24(9-13)18-17-8-23-25(19(17)22-12-21-18)11-15-3-5-16(20)6-4-15/h3-6,8,12-14H,7,9-11H2,1-2H3/t13-,14+. The van der Waals surface area contributed by atoms with Crippen molar-refractivity contribution in [3.05, 3.63) is 47.4 Å². The van der Waals surface area contributed by atoms with Crippen LogP contribution in [-0.4, -0.2) is 32.8 Å². The number of nitrogens with zero attached hydrogens (tertiary/aromatic N) is 5. The third kappa shape index (κ3) is 3.33. The van der Waals surface area contributed by atoms with Gasteiger partial charge < -0.3 is 4.90 Å². The lowest BCUT2D eigenvalue weighted by atomic mass is 9.92. The monoisotopic (exact) mass is 355 g/mol. The summed E-state index contributed by atoms with van der Waals surface area (Å²) < 4.78 is 1.93. The van der Waals surface area contributed by atoms with Crippen LogP contribution in [0.1, 0.15) is 25.8 Å². The molecule has 2 atom stereocenters. The molecule has 3 heterocycles. The molecule has 3 aromatic rings. The van der Waals surface area contributed by atoms with Gasteiger partial charge in [0, 0.05) is 18.1 Å². The average molecular weight is 356 g/mol. The zero-order chi connectivity index (χ0) is 17.4. The van der Waals surface area contributed by atoms with Crippen LogP contribution in [-0.2, 0) is 6.54 Å². The second-order valence-corrected chi connectivity index (χ2v) is 7.65. The highest BCUT2D eigenvalue weighted by Crippen LogP contribution is 2.29. The van der Waals surface area contributed by atoms with Crippen LogP contribution >= 0.6 is 11.6 Å². The summed E-state index contributed by atoms with van der Waals surface area (Å²) in [7, 11) is 0. The Balaban J connectivity index is 1.67. The number of anilines is 1. The molecule has 1 aliphatic heterocycles. The number of hydrogen-bond donors (Lipinski definition) is 0. The molecular formula is C19H22ClN5. The highest BCUT2D eigenvalue weighted by molar-refractivity contribution is 6.30. The van der Waals surface area contributed by atoms with Crippen molar-refractivity contribution in [3.8, 4) is 0 Å². The van der Waals surface area contributed by atoms with Crippen molar-refractivity contribution in [1.29, 1.82) is 0 Å². The van der Waals surface area contributed by atoms with E-state index in [9.17, 15) is 0 Å². The Labute approximate surface area is 152 Å². The maximum atomic E-state index is 5.97. The number of piperidine rings is 1. The minimum Gasteiger partial charge on any atom is -0.355 e. The topological polar surface area (TPSA) is 46.8 Å².